The van der Waals surface area contributed by atoms with Crippen molar-refractivity contribution in [2.24, 2.45) is 0 Å². The predicted octanol–water partition coefficient (Wildman–Crippen LogP) is 4.25. The van der Waals surface area contributed by atoms with Gasteiger partial charge in [-0.2, -0.15) is 0 Å². The van der Waals surface area contributed by atoms with Gasteiger partial charge in [0.2, 0.25) is 5.88 Å². The highest BCUT2D eigenvalue weighted by atomic mass is 35.5. The first kappa shape index (κ1) is 18.7. The lowest BCUT2D eigenvalue weighted by molar-refractivity contribution is 0.0946. The van der Waals surface area contributed by atoms with Crippen LogP contribution in [0.15, 0.2) is 66.9 Å². The summed E-state index contributed by atoms with van der Waals surface area (Å²) in [5.41, 5.74) is 2.33. The Morgan fingerprint density at radius 3 is 2.48 bits per heavy atom. The molecule has 0 aliphatic carbocycles. The maximum Gasteiger partial charge on any atom is 0.255 e. The summed E-state index contributed by atoms with van der Waals surface area (Å²) in [6.45, 7) is 0.714. The SMILES string of the molecule is COc1ccc(CNC(=O)c2ccccc2OCc2ccc(Cl)cc2)cn1. The van der Waals surface area contributed by atoms with Crippen molar-refractivity contribution in [3.63, 3.8) is 0 Å². The second kappa shape index (κ2) is 9.05. The molecule has 138 valence electrons. The summed E-state index contributed by atoms with van der Waals surface area (Å²) in [5.74, 6) is 0.848. The lowest BCUT2D eigenvalue weighted by atomic mass is 10.1. The van der Waals surface area contributed by atoms with E-state index in [4.69, 9.17) is 21.1 Å². The van der Waals surface area contributed by atoms with Crippen molar-refractivity contribution in [2.75, 3.05) is 7.11 Å². The summed E-state index contributed by atoms with van der Waals surface area (Å²) in [6, 6.07) is 18.2. The monoisotopic (exact) mass is 382 g/mol. The Morgan fingerprint density at radius 1 is 1.04 bits per heavy atom. The fraction of sp³-hybridized carbons (Fsp3) is 0.143. The number of halogens is 1. The van der Waals surface area contributed by atoms with Crippen molar-refractivity contribution in [1.82, 2.24) is 10.3 Å². The number of carbonyl (C=O) groups excluding carboxylic acids is 1. The van der Waals surface area contributed by atoms with Crippen LogP contribution in [0.25, 0.3) is 0 Å². The van der Waals surface area contributed by atoms with Crippen LogP contribution in [0.4, 0.5) is 0 Å². The number of hydrogen-bond donors (Lipinski definition) is 1. The van der Waals surface area contributed by atoms with Gasteiger partial charge in [-0.1, -0.05) is 41.9 Å². The minimum absolute atomic E-state index is 0.211. The van der Waals surface area contributed by atoms with Gasteiger partial charge >= 0.3 is 0 Å². The van der Waals surface area contributed by atoms with Crippen LogP contribution in [-0.4, -0.2) is 18.0 Å². The lowest BCUT2D eigenvalue weighted by Gasteiger charge is -2.12. The Kier molecular flexibility index (Phi) is 6.28. The molecule has 0 bridgehead atoms. The van der Waals surface area contributed by atoms with E-state index in [0.29, 0.717) is 35.4 Å². The minimum Gasteiger partial charge on any atom is -0.488 e. The molecule has 1 heterocycles. The average Bonchev–Trinajstić information content (AvgIpc) is 2.72. The van der Waals surface area contributed by atoms with Gasteiger partial charge in [0.25, 0.3) is 5.91 Å². The molecule has 27 heavy (non-hydrogen) atoms. The fourth-order valence-electron chi connectivity index (χ4n) is 2.44. The van der Waals surface area contributed by atoms with E-state index < -0.39 is 0 Å². The maximum atomic E-state index is 12.6. The molecule has 0 spiro atoms. The molecule has 5 nitrogen and oxygen atoms in total. The molecule has 0 saturated carbocycles. The molecule has 6 heteroatoms. The predicted molar refractivity (Wildman–Crippen MR) is 104 cm³/mol. The molecular formula is C21H19ClN2O3. The van der Waals surface area contributed by atoms with Gasteiger partial charge in [-0.05, 0) is 35.4 Å². The average molecular weight is 383 g/mol. The number of amides is 1. The van der Waals surface area contributed by atoms with Gasteiger partial charge in [-0.3, -0.25) is 4.79 Å². The van der Waals surface area contributed by atoms with Crippen molar-refractivity contribution in [3.05, 3.63) is 88.6 Å². The summed E-state index contributed by atoms with van der Waals surface area (Å²) in [4.78, 5) is 16.7. The highest BCUT2D eigenvalue weighted by Gasteiger charge is 2.12. The molecule has 0 unspecified atom stereocenters. The molecule has 1 N–H and O–H groups in total. The molecule has 0 fully saturated rings. The second-order valence-electron chi connectivity index (χ2n) is 5.80. The van der Waals surface area contributed by atoms with Gasteiger partial charge in [-0.25, -0.2) is 4.98 Å². The van der Waals surface area contributed by atoms with Crippen LogP contribution in [-0.2, 0) is 13.2 Å². The molecule has 0 aliphatic rings. The number of ether oxygens (including phenoxy) is 2. The zero-order valence-corrected chi connectivity index (χ0v) is 15.6. The number of carbonyl (C=O) groups is 1. The number of benzene rings is 2. The van der Waals surface area contributed by atoms with Crippen molar-refractivity contribution in [1.29, 1.82) is 0 Å². The van der Waals surface area contributed by atoms with Gasteiger partial charge in [-0.15, -0.1) is 0 Å². The Balaban J connectivity index is 1.63. The number of pyridine rings is 1. The van der Waals surface area contributed by atoms with Gasteiger partial charge in [0.05, 0.1) is 12.7 Å². The third-order valence-electron chi connectivity index (χ3n) is 3.90. The number of hydrogen-bond acceptors (Lipinski definition) is 4. The normalized spacial score (nSPS) is 10.3. The zero-order chi connectivity index (χ0) is 19.1. The molecule has 0 saturated heterocycles. The standard InChI is InChI=1S/C21H19ClN2O3/c1-26-20-11-8-16(12-23-20)13-24-21(25)18-4-2-3-5-19(18)27-14-15-6-9-17(22)10-7-15/h2-12H,13-14H2,1H3,(H,24,25). The summed E-state index contributed by atoms with van der Waals surface area (Å²) in [5, 5.41) is 3.55. The summed E-state index contributed by atoms with van der Waals surface area (Å²) >= 11 is 5.89. The third kappa shape index (κ3) is 5.21. The van der Waals surface area contributed by atoms with Crippen LogP contribution in [0.2, 0.25) is 5.02 Å². The van der Waals surface area contributed by atoms with E-state index in [-0.39, 0.29) is 5.91 Å². The molecule has 0 atom stereocenters. The molecule has 0 radical (unpaired) electrons. The fourth-order valence-corrected chi connectivity index (χ4v) is 2.56. The van der Waals surface area contributed by atoms with Crippen LogP contribution >= 0.6 is 11.6 Å². The maximum absolute atomic E-state index is 12.6. The number of nitrogens with one attached hydrogen (secondary N) is 1. The van der Waals surface area contributed by atoms with E-state index in [1.807, 2.05) is 36.4 Å². The Labute approximate surface area is 162 Å². The van der Waals surface area contributed by atoms with Crippen molar-refractivity contribution >= 4 is 17.5 Å². The highest BCUT2D eigenvalue weighted by Crippen LogP contribution is 2.20. The number of nitrogens with zero attached hydrogens (tertiary/aromatic N) is 1. The Hall–Kier alpha value is -3.05. The third-order valence-corrected chi connectivity index (χ3v) is 4.15. The molecular weight excluding hydrogens is 364 g/mol. The van der Waals surface area contributed by atoms with Gasteiger partial charge < -0.3 is 14.8 Å². The molecule has 0 aliphatic heterocycles. The van der Waals surface area contributed by atoms with Crippen molar-refractivity contribution in [2.45, 2.75) is 13.2 Å². The van der Waals surface area contributed by atoms with Crippen LogP contribution in [0, 0.1) is 0 Å². The quantitative estimate of drug-likeness (QED) is 0.663. The van der Waals surface area contributed by atoms with Gasteiger partial charge in [0.1, 0.15) is 12.4 Å². The van der Waals surface area contributed by atoms with Crippen LogP contribution in [0.5, 0.6) is 11.6 Å². The van der Waals surface area contributed by atoms with Crippen LogP contribution in [0.1, 0.15) is 21.5 Å². The second-order valence-corrected chi connectivity index (χ2v) is 6.24. The Bertz CT molecular complexity index is 896. The molecule has 3 aromatic rings. The first-order valence-electron chi connectivity index (χ1n) is 8.39. The number of aromatic nitrogens is 1. The highest BCUT2D eigenvalue weighted by molar-refractivity contribution is 6.30. The van der Waals surface area contributed by atoms with Crippen molar-refractivity contribution < 1.29 is 14.3 Å². The van der Waals surface area contributed by atoms with Crippen molar-refractivity contribution in [3.8, 4) is 11.6 Å². The van der Waals surface area contributed by atoms with E-state index in [2.05, 4.69) is 10.3 Å². The number of rotatable bonds is 7. The number of para-hydroxylation sites is 1. The Morgan fingerprint density at radius 2 is 1.78 bits per heavy atom. The van der Waals surface area contributed by atoms with Crippen LogP contribution in [0.3, 0.4) is 0 Å². The molecule has 2 aromatic carbocycles. The van der Waals surface area contributed by atoms with Gasteiger partial charge in [0.15, 0.2) is 0 Å². The molecule has 3 rings (SSSR count). The molecule has 1 aromatic heterocycles. The zero-order valence-electron chi connectivity index (χ0n) is 14.8. The van der Waals surface area contributed by atoms with E-state index in [1.54, 1.807) is 37.6 Å². The molecule has 1 amide bonds. The largest absolute Gasteiger partial charge is 0.488 e. The number of methoxy groups -OCH3 is 1. The van der Waals surface area contributed by atoms with E-state index in [0.717, 1.165) is 11.1 Å². The first-order chi connectivity index (χ1) is 13.2. The smallest absolute Gasteiger partial charge is 0.255 e. The van der Waals surface area contributed by atoms with Gasteiger partial charge in [0, 0.05) is 23.8 Å². The van der Waals surface area contributed by atoms with E-state index >= 15 is 0 Å². The van der Waals surface area contributed by atoms with E-state index in [1.165, 1.54) is 0 Å². The minimum atomic E-state index is -0.211. The van der Waals surface area contributed by atoms with E-state index in [9.17, 15) is 4.79 Å². The first-order valence-corrected chi connectivity index (χ1v) is 8.77. The summed E-state index contributed by atoms with van der Waals surface area (Å²) in [7, 11) is 1.56. The summed E-state index contributed by atoms with van der Waals surface area (Å²) < 4.78 is 10.9. The summed E-state index contributed by atoms with van der Waals surface area (Å²) in [6.07, 6.45) is 1.67. The topological polar surface area (TPSA) is 60.5 Å². The lowest BCUT2D eigenvalue weighted by Crippen LogP contribution is -2.23. The van der Waals surface area contributed by atoms with Crippen LogP contribution < -0.4 is 14.8 Å².